The van der Waals surface area contributed by atoms with Gasteiger partial charge in [0.15, 0.2) is 0 Å². The van der Waals surface area contributed by atoms with Crippen LogP contribution in [0.2, 0.25) is 0 Å². The zero-order valence-electron chi connectivity index (χ0n) is 29.8. The Kier molecular flexibility index (Phi) is 7.70. The van der Waals surface area contributed by atoms with Crippen LogP contribution in [0.5, 0.6) is 17.2 Å². The molecular formula is C47H30O7P2. The normalized spacial score (nSPS) is 11.7. The van der Waals surface area contributed by atoms with Gasteiger partial charge < -0.3 is 30.6 Å². The van der Waals surface area contributed by atoms with Gasteiger partial charge in [-0.25, -0.2) is 0 Å². The van der Waals surface area contributed by atoms with E-state index in [1.54, 1.807) is 25.3 Å². The fraction of sp³-hybridized carbons (Fsp3) is 0.0213. The Morgan fingerprint density at radius 3 is 0.929 bits per heavy atom. The third kappa shape index (κ3) is 5.52. The van der Waals surface area contributed by atoms with Gasteiger partial charge in [0.25, 0.3) is 0 Å². The Balaban J connectivity index is 1.07. The van der Waals surface area contributed by atoms with Crippen molar-refractivity contribution in [2.45, 2.75) is 0 Å². The van der Waals surface area contributed by atoms with E-state index in [0.29, 0.717) is 39.6 Å². The standard InChI is InChI=1S/C47H30O7P2/c1-48-33-26-34(49-55-51-40-22-18-29-10-2-6-14-36(29)44(40)45-37-15-7-3-11-30(37)19-23-41(45)52-55)28-35(27-33)50-56-53-42-24-20-31-12-4-8-16-38(31)46(42)47-39-17-9-5-13-32(39)21-25-43(47)54-56/h2-28H,1H3. The molecule has 0 radical (unpaired) electrons. The van der Waals surface area contributed by atoms with Gasteiger partial charge in [0, 0.05) is 39.7 Å². The number of hydrogen-bond acceptors (Lipinski definition) is 7. The Morgan fingerprint density at radius 1 is 0.339 bits per heavy atom. The fourth-order valence-electron chi connectivity index (χ4n) is 7.72. The molecule has 11 aromatic rings. The summed E-state index contributed by atoms with van der Waals surface area (Å²) in [7, 11) is -2.37. The second kappa shape index (κ2) is 13.2. The van der Waals surface area contributed by atoms with Crippen LogP contribution in [0.3, 0.4) is 0 Å². The van der Waals surface area contributed by atoms with Gasteiger partial charge in [0.2, 0.25) is 0 Å². The maximum absolute atomic E-state index is 6.62. The van der Waals surface area contributed by atoms with Crippen molar-refractivity contribution < 1.29 is 30.6 Å². The highest BCUT2D eigenvalue weighted by molar-refractivity contribution is 7.32. The van der Waals surface area contributed by atoms with E-state index in [1.807, 2.05) is 72.8 Å². The first-order valence-corrected chi connectivity index (χ1v) is 20.3. The molecule has 0 bridgehead atoms. The summed E-state index contributed by atoms with van der Waals surface area (Å²) in [6, 6.07) is 54.7. The van der Waals surface area contributed by atoms with Crippen molar-refractivity contribution >= 4 is 103 Å². The number of hydrogen-bond donors (Lipinski definition) is 0. The molecule has 0 unspecified atom stereocenters. The minimum Gasteiger partial charge on any atom is -0.496 e. The average Bonchev–Trinajstić information content (AvgIpc) is 3.51. The monoisotopic (exact) mass is 768 g/mol. The molecule has 7 nitrogen and oxygen atoms in total. The van der Waals surface area contributed by atoms with Gasteiger partial charge in [-0.15, -0.1) is 0 Å². The predicted molar refractivity (Wildman–Crippen MR) is 228 cm³/mol. The summed E-state index contributed by atoms with van der Waals surface area (Å²) in [5, 5.41) is 12.5. The number of ether oxygens (including phenoxy) is 1. The summed E-state index contributed by atoms with van der Waals surface area (Å²) in [6.45, 7) is 0. The van der Waals surface area contributed by atoms with E-state index in [4.69, 9.17) is 30.6 Å². The quantitative estimate of drug-likeness (QED) is 0.172. The Bertz CT molecular complexity index is 3020. The molecule has 9 aromatic carbocycles. The summed E-state index contributed by atoms with van der Waals surface area (Å²) < 4.78 is 45.4. The van der Waals surface area contributed by atoms with Crippen LogP contribution >= 0.6 is 16.5 Å². The summed E-state index contributed by atoms with van der Waals surface area (Å²) in [4.78, 5) is 0. The molecule has 270 valence electrons. The van der Waals surface area contributed by atoms with Crippen molar-refractivity contribution in [1.82, 2.24) is 0 Å². The minimum atomic E-state index is -1.98. The lowest BCUT2D eigenvalue weighted by Crippen LogP contribution is -1.87. The lowest BCUT2D eigenvalue weighted by Gasteiger charge is -2.08. The van der Waals surface area contributed by atoms with Gasteiger partial charge >= 0.3 is 16.5 Å². The number of methoxy groups -OCH3 is 1. The molecule has 0 saturated carbocycles. The predicted octanol–water partition coefficient (Wildman–Crippen LogP) is 15.2. The van der Waals surface area contributed by atoms with E-state index < -0.39 is 16.5 Å². The van der Waals surface area contributed by atoms with Crippen molar-refractivity contribution in [3.8, 4) is 17.2 Å². The molecule has 56 heavy (non-hydrogen) atoms. The van der Waals surface area contributed by atoms with Gasteiger partial charge in [-0.2, -0.15) is 0 Å². The van der Waals surface area contributed by atoms with E-state index in [1.165, 1.54) is 0 Å². The molecule has 0 N–H and O–H groups in total. The number of benzene rings is 9. The summed E-state index contributed by atoms with van der Waals surface area (Å²) in [5.74, 6) is 1.38. The maximum atomic E-state index is 6.62. The van der Waals surface area contributed by atoms with Gasteiger partial charge in [-0.3, -0.25) is 0 Å². The van der Waals surface area contributed by atoms with Crippen LogP contribution in [-0.2, 0) is 0 Å². The molecule has 0 fully saturated rings. The fourth-order valence-corrected chi connectivity index (χ4v) is 9.75. The van der Waals surface area contributed by atoms with Gasteiger partial charge in [-0.1, -0.05) is 121 Å². The average molecular weight is 769 g/mol. The molecule has 0 aliphatic carbocycles. The molecule has 0 atom stereocenters. The summed E-state index contributed by atoms with van der Waals surface area (Å²) in [6.07, 6.45) is 0. The number of rotatable bonds is 5. The van der Waals surface area contributed by atoms with Crippen molar-refractivity contribution in [2.24, 2.45) is 0 Å². The molecule has 0 aliphatic heterocycles. The van der Waals surface area contributed by atoms with Crippen molar-refractivity contribution in [2.75, 3.05) is 7.11 Å². The molecule has 11 rings (SSSR count). The Hall–Kier alpha value is -6.78. The highest BCUT2D eigenvalue weighted by Crippen LogP contribution is 2.46. The van der Waals surface area contributed by atoms with E-state index in [-0.39, 0.29) is 0 Å². The zero-order valence-corrected chi connectivity index (χ0v) is 31.6. The van der Waals surface area contributed by atoms with Crippen molar-refractivity contribution in [3.63, 3.8) is 0 Å². The van der Waals surface area contributed by atoms with Crippen LogP contribution in [0.1, 0.15) is 0 Å². The topological polar surface area (TPSA) is 80.2 Å². The van der Waals surface area contributed by atoms with E-state index in [0.717, 1.165) is 64.6 Å². The largest absolute Gasteiger partial charge is 0.496 e. The summed E-state index contributed by atoms with van der Waals surface area (Å²) in [5.41, 5.74) is 2.69. The van der Waals surface area contributed by atoms with Crippen LogP contribution in [0, 0.1) is 0 Å². The molecule has 0 aliphatic rings. The third-order valence-corrected chi connectivity index (χ3v) is 12.3. The lowest BCUT2D eigenvalue weighted by atomic mass is 9.99. The second-order valence-electron chi connectivity index (χ2n) is 13.5. The van der Waals surface area contributed by atoms with Gasteiger partial charge in [0.1, 0.15) is 39.6 Å². The zero-order chi connectivity index (χ0) is 37.2. The molecule has 2 aromatic heterocycles. The van der Waals surface area contributed by atoms with Crippen LogP contribution < -0.4 is 13.8 Å². The number of fused-ring (bicyclic) bond motifs is 14. The second-order valence-corrected chi connectivity index (χ2v) is 15.5. The summed E-state index contributed by atoms with van der Waals surface area (Å²) >= 11 is 0. The van der Waals surface area contributed by atoms with E-state index in [2.05, 4.69) is 72.8 Å². The Morgan fingerprint density at radius 2 is 0.625 bits per heavy atom. The van der Waals surface area contributed by atoms with Crippen LogP contribution in [-0.4, -0.2) is 7.11 Å². The van der Waals surface area contributed by atoms with Crippen molar-refractivity contribution in [3.05, 3.63) is 164 Å². The maximum Gasteiger partial charge on any atom is 0.453 e. The van der Waals surface area contributed by atoms with Crippen LogP contribution in [0.4, 0.5) is 0 Å². The molecule has 0 saturated heterocycles. The van der Waals surface area contributed by atoms with Gasteiger partial charge in [0.05, 0.1) is 7.11 Å². The lowest BCUT2D eigenvalue weighted by molar-refractivity contribution is 0.408. The van der Waals surface area contributed by atoms with Gasteiger partial charge in [-0.05, 0) is 67.4 Å². The SMILES string of the molecule is COc1cc(Op2oc3ccc4ccccc4c3c3c(ccc4ccccc43)o2)cc(Op2oc3ccc4ccccc4c3c3c(ccc4ccccc43)o2)c1. The first kappa shape index (κ1) is 32.6. The first-order valence-electron chi connectivity index (χ1n) is 18.1. The van der Waals surface area contributed by atoms with E-state index in [9.17, 15) is 0 Å². The minimum absolute atomic E-state index is 0.430. The first-order chi connectivity index (χ1) is 27.7. The molecule has 9 heteroatoms. The van der Waals surface area contributed by atoms with E-state index >= 15 is 0 Å². The molecule has 2 heterocycles. The third-order valence-electron chi connectivity index (χ3n) is 10.2. The highest BCUT2D eigenvalue weighted by Gasteiger charge is 2.18. The molecule has 0 amide bonds. The van der Waals surface area contributed by atoms with Crippen LogP contribution in [0.15, 0.2) is 181 Å². The molecular weight excluding hydrogens is 738 g/mol. The van der Waals surface area contributed by atoms with Crippen molar-refractivity contribution in [1.29, 1.82) is 0 Å². The molecule has 0 spiro atoms. The highest BCUT2D eigenvalue weighted by atomic mass is 31.1. The van der Waals surface area contributed by atoms with Crippen LogP contribution in [0.25, 0.3) is 87.0 Å². The Labute approximate surface area is 321 Å². The smallest absolute Gasteiger partial charge is 0.453 e.